The molecule has 13 heavy (non-hydrogen) atoms. The van der Waals surface area contributed by atoms with E-state index in [4.69, 9.17) is 10.2 Å². The van der Waals surface area contributed by atoms with Crippen molar-refractivity contribution in [1.29, 1.82) is 0 Å². The van der Waals surface area contributed by atoms with Gasteiger partial charge in [0.2, 0.25) is 0 Å². The van der Waals surface area contributed by atoms with Crippen LogP contribution >= 0.6 is 15.9 Å². The van der Waals surface area contributed by atoms with Crippen molar-refractivity contribution in [2.45, 2.75) is 25.8 Å². The van der Waals surface area contributed by atoms with Gasteiger partial charge in [-0.3, -0.25) is 0 Å². The highest BCUT2D eigenvalue weighted by atomic mass is 79.9. The molecule has 3 heteroatoms. The summed E-state index contributed by atoms with van der Waals surface area (Å²) < 4.78 is 5.94. The van der Waals surface area contributed by atoms with Crippen molar-refractivity contribution >= 4 is 15.9 Å². The maximum atomic E-state index is 6.05. The quantitative estimate of drug-likeness (QED) is 0.887. The van der Waals surface area contributed by atoms with E-state index in [0.717, 1.165) is 22.9 Å². The van der Waals surface area contributed by atoms with Crippen LogP contribution in [0.1, 0.15) is 18.9 Å². The lowest BCUT2D eigenvalue weighted by Crippen LogP contribution is -2.25. The summed E-state index contributed by atoms with van der Waals surface area (Å²) in [6, 6.07) is 2.30. The van der Waals surface area contributed by atoms with Crippen LogP contribution in [0.2, 0.25) is 0 Å². The Hall–Kier alpha value is -0.280. The van der Waals surface area contributed by atoms with Crippen molar-refractivity contribution in [3.8, 4) is 0 Å². The Labute approximate surface area is 86.6 Å². The molecule has 72 valence electrons. The van der Waals surface area contributed by atoms with Gasteiger partial charge in [0, 0.05) is 6.04 Å². The molecule has 2 N–H and O–H groups in total. The molecule has 1 aromatic heterocycles. The fourth-order valence-corrected chi connectivity index (χ4v) is 2.21. The van der Waals surface area contributed by atoms with Gasteiger partial charge in [-0.05, 0) is 52.2 Å². The molecule has 0 radical (unpaired) electrons. The molecule has 2 nitrogen and oxygen atoms in total. The second-order valence-electron chi connectivity index (χ2n) is 4.00. The molecule has 0 aliphatic heterocycles. The monoisotopic (exact) mass is 243 g/mol. The van der Waals surface area contributed by atoms with E-state index in [1.807, 2.05) is 6.07 Å². The van der Waals surface area contributed by atoms with Gasteiger partial charge in [0.05, 0.1) is 6.26 Å². The highest BCUT2D eigenvalue weighted by Gasteiger charge is 2.37. The molecule has 1 aliphatic rings. The summed E-state index contributed by atoms with van der Waals surface area (Å²) in [6.45, 7) is 2.26. The maximum Gasteiger partial charge on any atom is 0.169 e. The molecule has 3 unspecified atom stereocenters. The lowest BCUT2D eigenvalue weighted by molar-refractivity contribution is 0.527. The van der Waals surface area contributed by atoms with Crippen LogP contribution in [-0.2, 0) is 6.42 Å². The van der Waals surface area contributed by atoms with E-state index < -0.39 is 0 Å². The summed E-state index contributed by atoms with van der Waals surface area (Å²) >= 11 is 3.28. The number of rotatable bonds is 3. The average molecular weight is 244 g/mol. The van der Waals surface area contributed by atoms with E-state index in [2.05, 4.69) is 22.9 Å². The Bertz CT molecular complexity index is 297. The van der Waals surface area contributed by atoms with Crippen LogP contribution in [0.3, 0.4) is 0 Å². The molecule has 0 aromatic carbocycles. The summed E-state index contributed by atoms with van der Waals surface area (Å²) in [5.74, 6) is 1.55. The Morgan fingerprint density at radius 3 is 2.92 bits per heavy atom. The Balaban J connectivity index is 1.91. The van der Waals surface area contributed by atoms with E-state index in [-0.39, 0.29) is 0 Å². The van der Waals surface area contributed by atoms with Gasteiger partial charge >= 0.3 is 0 Å². The molecule has 1 heterocycles. The van der Waals surface area contributed by atoms with E-state index in [1.54, 1.807) is 6.26 Å². The van der Waals surface area contributed by atoms with Gasteiger partial charge in [0.1, 0.15) is 0 Å². The molecule has 3 atom stereocenters. The zero-order chi connectivity index (χ0) is 9.42. The number of hydrogen-bond acceptors (Lipinski definition) is 2. The second-order valence-corrected chi connectivity index (χ2v) is 4.79. The van der Waals surface area contributed by atoms with Gasteiger partial charge in [-0.25, -0.2) is 0 Å². The summed E-state index contributed by atoms with van der Waals surface area (Å²) in [6.07, 6.45) is 4.00. The third-order valence-electron chi connectivity index (χ3n) is 2.81. The van der Waals surface area contributed by atoms with Gasteiger partial charge in [-0.1, -0.05) is 6.92 Å². The van der Waals surface area contributed by atoms with Crippen LogP contribution in [0.4, 0.5) is 0 Å². The largest absolute Gasteiger partial charge is 0.457 e. The third kappa shape index (κ3) is 2.15. The molecule has 0 saturated heterocycles. The van der Waals surface area contributed by atoms with Crippen molar-refractivity contribution in [2.75, 3.05) is 0 Å². The minimum Gasteiger partial charge on any atom is -0.457 e. The Morgan fingerprint density at radius 2 is 2.46 bits per heavy atom. The first-order chi connectivity index (χ1) is 6.16. The van der Waals surface area contributed by atoms with E-state index in [9.17, 15) is 0 Å². The molecular formula is C10H14BrNO. The topological polar surface area (TPSA) is 39.2 Å². The van der Waals surface area contributed by atoms with Crippen molar-refractivity contribution in [2.24, 2.45) is 17.6 Å². The lowest BCUT2D eigenvalue weighted by atomic mass is 10.0. The summed E-state index contributed by atoms with van der Waals surface area (Å²) in [5, 5.41) is 0. The van der Waals surface area contributed by atoms with Crippen LogP contribution in [0, 0.1) is 11.8 Å². The van der Waals surface area contributed by atoms with E-state index in [0.29, 0.717) is 6.04 Å². The van der Waals surface area contributed by atoms with Gasteiger partial charge in [0.25, 0.3) is 0 Å². The summed E-state index contributed by atoms with van der Waals surface area (Å²) in [5.41, 5.74) is 7.25. The zero-order valence-electron chi connectivity index (χ0n) is 7.66. The zero-order valence-corrected chi connectivity index (χ0v) is 9.25. The maximum absolute atomic E-state index is 6.05. The third-order valence-corrected chi connectivity index (χ3v) is 3.23. The number of nitrogens with two attached hydrogens (primary N) is 1. The minimum absolute atomic E-state index is 0.305. The smallest absolute Gasteiger partial charge is 0.169 e. The molecule has 1 fully saturated rings. The number of furan rings is 1. The van der Waals surface area contributed by atoms with Crippen LogP contribution in [0.15, 0.2) is 21.4 Å². The summed E-state index contributed by atoms with van der Waals surface area (Å²) in [7, 11) is 0. The predicted molar refractivity (Wildman–Crippen MR) is 55.4 cm³/mol. The fourth-order valence-electron chi connectivity index (χ4n) is 1.82. The summed E-state index contributed by atoms with van der Waals surface area (Å²) in [4.78, 5) is 0. The van der Waals surface area contributed by atoms with Crippen LogP contribution < -0.4 is 5.73 Å². The fraction of sp³-hybridized carbons (Fsp3) is 0.600. The van der Waals surface area contributed by atoms with Crippen LogP contribution in [-0.4, -0.2) is 6.04 Å². The number of halogens is 1. The van der Waals surface area contributed by atoms with Gasteiger partial charge in [-0.2, -0.15) is 0 Å². The van der Waals surface area contributed by atoms with Crippen molar-refractivity contribution < 1.29 is 4.42 Å². The van der Waals surface area contributed by atoms with Crippen LogP contribution in [0.25, 0.3) is 0 Å². The second kappa shape index (κ2) is 3.46. The highest BCUT2D eigenvalue weighted by Crippen LogP contribution is 2.40. The molecule has 0 spiro atoms. The first-order valence-corrected chi connectivity index (χ1v) is 5.44. The Morgan fingerprint density at radius 1 is 1.77 bits per heavy atom. The van der Waals surface area contributed by atoms with E-state index in [1.165, 1.54) is 12.0 Å². The first kappa shape index (κ1) is 9.28. The van der Waals surface area contributed by atoms with Gasteiger partial charge in [0.15, 0.2) is 4.67 Å². The van der Waals surface area contributed by atoms with Crippen molar-refractivity contribution in [3.05, 3.63) is 22.6 Å². The molecular weight excluding hydrogens is 230 g/mol. The molecule has 2 rings (SSSR count). The molecule has 0 bridgehead atoms. The molecule has 1 aromatic rings. The van der Waals surface area contributed by atoms with Crippen molar-refractivity contribution in [3.63, 3.8) is 0 Å². The molecule has 1 aliphatic carbocycles. The lowest BCUT2D eigenvalue weighted by Gasteiger charge is -2.07. The highest BCUT2D eigenvalue weighted by molar-refractivity contribution is 9.10. The molecule has 0 amide bonds. The van der Waals surface area contributed by atoms with Crippen LogP contribution in [0.5, 0.6) is 0 Å². The van der Waals surface area contributed by atoms with Gasteiger partial charge < -0.3 is 10.2 Å². The standard InChI is InChI=1S/C10H14BrNO/c1-6-2-8(6)9(12)3-7-4-10(11)13-5-7/h4-6,8-9H,2-3,12H2,1H3. The van der Waals surface area contributed by atoms with E-state index >= 15 is 0 Å². The first-order valence-electron chi connectivity index (χ1n) is 4.65. The average Bonchev–Trinajstić information content (AvgIpc) is 2.66. The molecule has 1 saturated carbocycles. The normalized spacial score (nSPS) is 28.8. The predicted octanol–water partition coefficient (Wildman–Crippen LogP) is 2.57. The van der Waals surface area contributed by atoms with Crippen molar-refractivity contribution in [1.82, 2.24) is 0 Å². The number of hydrogen-bond donors (Lipinski definition) is 1. The Kier molecular flexibility index (Phi) is 2.47. The minimum atomic E-state index is 0.305. The van der Waals surface area contributed by atoms with Gasteiger partial charge in [-0.15, -0.1) is 0 Å². The SMILES string of the molecule is CC1CC1C(N)Cc1coc(Br)c1.